The summed E-state index contributed by atoms with van der Waals surface area (Å²) in [6.07, 6.45) is 2.43. The molecule has 0 saturated carbocycles. The molecule has 0 aliphatic carbocycles. The smallest absolute Gasteiger partial charge is 0.270 e. The van der Waals surface area contributed by atoms with Crippen LogP contribution in [0.2, 0.25) is 5.02 Å². The summed E-state index contributed by atoms with van der Waals surface area (Å²) in [5.74, 6) is 0.207. The van der Waals surface area contributed by atoms with E-state index >= 15 is 0 Å². The van der Waals surface area contributed by atoms with Crippen molar-refractivity contribution >= 4 is 23.5 Å². The van der Waals surface area contributed by atoms with Crippen molar-refractivity contribution in [3.8, 4) is 0 Å². The van der Waals surface area contributed by atoms with Gasteiger partial charge in [0.2, 0.25) is 5.95 Å². The molecule has 2 N–H and O–H groups in total. The Hall–Kier alpha value is -2.40. The summed E-state index contributed by atoms with van der Waals surface area (Å²) in [6, 6.07) is 9.34. The number of aryl methyl sites for hydroxylation is 1. The van der Waals surface area contributed by atoms with Gasteiger partial charge in [-0.15, -0.1) is 6.58 Å². The molecule has 0 spiro atoms. The van der Waals surface area contributed by atoms with E-state index < -0.39 is 0 Å². The third-order valence-electron chi connectivity index (χ3n) is 3.10. The summed E-state index contributed by atoms with van der Waals surface area (Å²) in [7, 11) is 0. The molecule has 0 aliphatic rings. The van der Waals surface area contributed by atoms with Crippen LogP contribution in [-0.4, -0.2) is 29.0 Å². The van der Waals surface area contributed by atoms with Crippen LogP contribution < -0.4 is 10.6 Å². The lowest BCUT2D eigenvalue weighted by Gasteiger charge is -2.08. The number of halogens is 1. The van der Waals surface area contributed by atoms with Crippen LogP contribution in [0.4, 0.5) is 5.95 Å². The van der Waals surface area contributed by atoms with E-state index in [2.05, 4.69) is 27.2 Å². The highest BCUT2D eigenvalue weighted by molar-refractivity contribution is 6.30. The quantitative estimate of drug-likeness (QED) is 0.766. The summed E-state index contributed by atoms with van der Waals surface area (Å²) in [4.78, 5) is 20.5. The van der Waals surface area contributed by atoms with E-state index in [9.17, 15) is 4.79 Å². The van der Waals surface area contributed by atoms with Crippen molar-refractivity contribution in [3.63, 3.8) is 0 Å². The number of amides is 1. The van der Waals surface area contributed by atoms with E-state index in [4.69, 9.17) is 11.6 Å². The van der Waals surface area contributed by atoms with Gasteiger partial charge in [-0.1, -0.05) is 29.8 Å². The monoisotopic (exact) mass is 330 g/mol. The highest BCUT2D eigenvalue weighted by Gasteiger charge is 2.09. The van der Waals surface area contributed by atoms with Crippen LogP contribution in [0.25, 0.3) is 0 Å². The standard InChI is InChI=1S/C17H19ClN4O/c1-3-9-19-16(23)15-11-12(2)21-17(22-15)20-10-8-13-4-6-14(18)7-5-13/h3-7,11H,1,8-10H2,2H3,(H,19,23)(H,20,21,22). The first-order chi connectivity index (χ1) is 11.1. The number of benzene rings is 1. The van der Waals surface area contributed by atoms with Gasteiger partial charge in [0.05, 0.1) is 0 Å². The first-order valence-electron chi connectivity index (χ1n) is 7.31. The Morgan fingerprint density at radius 1 is 1.30 bits per heavy atom. The van der Waals surface area contributed by atoms with Crippen LogP contribution in [0, 0.1) is 6.92 Å². The first-order valence-corrected chi connectivity index (χ1v) is 7.69. The van der Waals surface area contributed by atoms with Crippen molar-refractivity contribution in [3.05, 3.63) is 65.0 Å². The second-order valence-electron chi connectivity index (χ2n) is 5.02. The maximum absolute atomic E-state index is 11.9. The summed E-state index contributed by atoms with van der Waals surface area (Å²) < 4.78 is 0. The van der Waals surface area contributed by atoms with Crippen molar-refractivity contribution < 1.29 is 4.79 Å². The molecule has 1 amide bonds. The lowest BCUT2D eigenvalue weighted by atomic mass is 10.1. The summed E-state index contributed by atoms with van der Waals surface area (Å²) in [5, 5.41) is 6.57. The Labute approximate surface area is 140 Å². The Bertz CT molecular complexity index is 685. The number of carbonyl (C=O) groups is 1. The molecule has 0 bridgehead atoms. The Morgan fingerprint density at radius 2 is 2.04 bits per heavy atom. The summed E-state index contributed by atoms with van der Waals surface area (Å²) >= 11 is 5.86. The number of anilines is 1. The largest absolute Gasteiger partial charge is 0.354 e. The normalized spacial score (nSPS) is 10.2. The van der Waals surface area contributed by atoms with Gasteiger partial charge in [-0.05, 0) is 37.1 Å². The van der Waals surface area contributed by atoms with E-state index in [0.717, 1.165) is 17.1 Å². The van der Waals surface area contributed by atoms with Crippen molar-refractivity contribution in [2.75, 3.05) is 18.4 Å². The van der Waals surface area contributed by atoms with Crippen LogP contribution in [0.3, 0.4) is 0 Å². The first kappa shape index (κ1) is 17.0. The molecule has 0 aliphatic heterocycles. The number of rotatable bonds is 7. The molecule has 0 fully saturated rings. The predicted molar refractivity (Wildman–Crippen MR) is 92.9 cm³/mol. The van der Waals surface area contributed by atoms with E-state index in [0.29, 0.717) is 24.7 Å². The average molecular weight is 331 g/mol. The number of nitrogens with zero attached hydrogens (tertiary/aromatic N) is 2. The van der Waals surface area contributed by atoms with Gasteiger partial charge in [-0.2, -0.15) is 0 Å². The summed E-state index contributed by atoms with van der Waals surface area (Å²) in [5.41, 5.74) is 2.24. The molecule has 6 heteroatoms. The Morgan fingerprint density at radius 3 is 2.74 bits per heavy atom. The number of aromatic nitrogens is 2. The SMILES string of the molecule is C=CCNC(=O)c1cc(C)nc(NCCc2ccc(Cl)cc2)n1. The van der Waals surface area contributed by atoms with Gasteiger partial charge in [0.1, 0.15) is 5.69 Å². The van der Waals surface area contributed by atoms with Crippen molar-refractivity contribution in [2.45, 2.75) is 13.3 Å². The predicted octanol–water partition coefficient (Wildman–Crippen LogP) is 3.01. The van der Waals surface area contributed by atoms with Gasteiger partial charge < -0.3 is 10.6 Å². The highest BCUT2D eigenvalue weighted by atomic mass is 35.5. The molecule has 1 heterocycles. The molecule has 120 valence electrons. The molecule has 2 aromatic rings. The number of nitrogens with one attached hydrogen (secondary N) is 2. The molecule has 5 nitrogen and oxygen atoms in total. The molecule has 0 unspecified atom stereocenters. The second kappa shape index (κ2) is 8.29. The zero-order valence-corrected chi connectivity index (χ0v) is 13.7. The number of carbonyl (C=O) groups excluding carboxylic acids is 1. The van der Waals surface area contributed by atoms with Crippen molar-refractivity contribution in [1.82, 2.24) is 15.3 Å². The molecule has 0 atom stereocenters. The lowest BCUT2D eigenvalue weighted by Crippen LogP contribution is -2.25. The van der Waals surface area contributed by atoms with Gasteiger partial charge in [0.25, 0.3) is 5.91 Å². The Balaban J connectivity index is 1.96. The van der Waals surface area contributed by atoms with E-state index in [1.165, 1.54) is 5.56 Å². The number of hydrogen-bond donors (Lipinski definition) is 2. The number of hydrogen-bond acceptors (Lipinski definition) is 4. The molecule has 2 rings (SSSR count). The third kappa shape index (κ3) is 5.38. The highest BCUT2D eigenvalue weighted by Crippen LogP contribution is 2.10. The zero-order valence-electron chi connectivity index (χ0n) is 13.0. The molecular weight excluding hydrogens is 312 g/mol. The van der Waals surface area contributed by atoms with Crippen molar-refractivity contribution in [1.29, 1.82) is 0 Å². The van der Waals surface area contributed by atoms with Gasteiger partial charge in [0.15, 0.2) is 0 Å². The fraction of sp³-hybridized carbons (Fsp3) is 0.235. The van der Waals surface area contributed by atoms with E-state index in [1.54, 1.807) is 12.1 Å². The maximum Gasteiger partial charge on any atom is 0.270 e. The summed E-state index contributed by atoms with van der Waals surface area (Å²) in [6.45, 7) is 6.47. The van der Waals surface area contributed by atoms with Gasteiger partial charge in [0, 0.05) is 23.8 Å². The maximum atomic E-state index is 11.9. The van der Waals surface area contributed by atoms with Gasteiger partial charge in [-0.3, -0.25) is 4.79 Å². The fourth-order valence-corrected chi connectivity index (χ4v) is 2.12. The topological polar surface area (TPSA) is 66.9 Å². The lowest BCUT2D eigenvalue weighted by molar-refractivity contribution is 0.0953. The third-order valence-corrected chi connectivity index (χ3v) is 3.36. The molecule has 0 saturated heterocycles. The second-order valence-corrected chi connectivity index (χ2v) is 5.46. The zero-order chi connectivity index (χ0) is 16.7. The average Bonchev–Trinajstić information content (AvgIpc) is 2.54. The molecule has 0 radical (unpaired) electrons. The minimum absolute atomic E-state index is 0.240. The minimum Gasteiger partial charge on any atom is -0.354 e. The molecule has 1 aromatic carbocycles. The van der Waals surface area contributed by atoms with Crippen LogP contribution in [0.1, 0.15) is 21.7 Å². The van der Waals surface area contributed by atoms with Crippen LogP contribution in [-0.2, 0) is 6.42 Å². The fourth-order valence-electron chi connectivity index (χ4n) is 1.99. The van der Waals surface area contributed by atoms with Crippen molar-refractivity contribution in [2.24, 2.45) is 0 Å². The van der Waals surface area contributed by atoms with Crippen LogP contribution in [0.15, 0.2) is 43.0 Å². The van der Waals surface area contributed by atoms with E-state index in [-0.39, 0.29) is 5.91 Å². The molecular formula is C17H19ClN4O. The van der Waals surface area contributed by atoms with Gasteiger partial charge in [-0.25, -0.2) is 9.97 Å². The Kier molecular flexibility index (Phi) is 6.11. The van der Waals surface area contributed by atoms with Crippen LogP contribution >= 0.6 is 11.6 Å². The molecule has 1 aromatic heterocycles. The van der Waals surface area contributed by atoms with E-state index in [1.807, 2.05) is 31.2 Å². The molecule has 23 heavy (non-hydrogen) atoms. The van der Waals surface area contributed by atoms with Crippen LogP contribution in [0.5, 0.6) is 0 Å². The van der Waals surface area contributed by atoms with Gasteiger partial charge >= 0.3 is 0 Å². The minimum atomic E-state index is -0.240.